The smallest absolute Gasteiger partial charge is 0.228 e. The summed E-state index contributed by atoms with van der Waals surface area (Å²) >= 11 is 0. The van der Waals surface area contributed by atoms with Crippen LogP contribution in [0.5, 0.6) is 17.2 Å². The van der Waals surface area contributed by atoms with Gasteiger partial charge >= 0.3 is 0 Å². The summed E-state index contributed by atoms with van der Waals surface area (Å²) in [5.74, 6) is 1.41. The van der Waals surface area contributed by atoms with E-state index in [1.54, 1.807) is 48.7 Å². The van der Waals surface area contributed by atoms with Crippen molar-refractivity contribution in [1.29, 1.82) is 0 Å². The number of phenols is 1. The summed E-state index contributed by atoms with van der Waals surface area (Å²) in [6.07, 6.45) is 1.59. The number of aromatic hydroxyl groups is 1. The van der Waals surface area contributed by atoms with E-state index in [0.29, 0.717) is 17.2 Å². The first-order valence-electron chi connectivity index (χ1n) is 6.71. The maximum absolute atomic E-state index is 10.1. The highest BCUT2D eigenvalue weighted by Gasteiger charge is 2.13. The molecule has 0 saturated carbocycles. The minimum atomic E-state index is 0.0209. The van der Waals surface area contributed by atoms with E-state index in [2.05, 4.69) is 4.85 Å². The first-order chi connectivity index (χ1) is 10.7. The molecule has 0 fully saturated rings. The molecule has 1 aromatic heterocycles. The van der Waals surface area contributed by atoms with E-state index < -0.39 is 0 Å². The Balaban J connectivity index is 2.04. The van der Waals surface area contributed by atoms with Gasteiger partial charge in [0, 0.05) is 5.56 Å². The van der Waals surface area contributed by atoms with Crippen LogP contribution in [0.15, 0.2) is 59.2 Å². The summed E-state index contributed by atoms with van der Waals surface area (Å²) in [7, 11) is 0. The third kappa shape index (κ3) is 2.52. The Bertz CT molecular complexity index is 845. The number of nitrogens with zero attached hydrogens (tertiary/aromatic N) is 1. The Morgan fingerprint density at radius 1 is 1.09 bits per heavy atom. The molecule has 0 saturated heterocycles. The van der Waals surface area contributed by atoms with E-state index in [-0.39, 0.29) is 11.5 Å². The molecule has 0 aliphatic carbocycles. The van der Waals surface area contributed by atoms with Crippen molar-refractivity contribution in [2.24, 2.45) is 0 Å². The quantitative estimate of drug-likeness (QED) is 0.666. The van der Waals surface area contributed by atoms with Crippen molar-refractivity contribution in [3.05, 3.63) is 71.8 Å². The molecule has 22 heavy (non-hydrogen) atoms. The molecule has 4 nitrogen and oxygen atoms in total. The molecule has 0 radical (unpaired) electrons. The molecule has 0 bridgehead atoms. The van der Waals surface area contributed by atoms with Gasteiger partial charge in [-0.15, -0.1) is 0 Å². The highest BCUT2D eigenvalue weighted by atomic mass is 16.5. The SMILES string of the molecule is [C-]#[N+]c1ccccc1Oc1cc(-c2ccco2)c(C)cc1O. The fourth-order valence-electron chi connectivity index (χ4n) is 2.21. The topological polar surface area (TPSA) is 47.0 Å². The van der Waals surface area contributed by atoms with Crippen molar-refractivity contribution in [2.45, 2.75) is 6.92 Å². The second-order valence-electron chi connectivity index (χ2n) is 4.79. The third-order valence-corrected chi connectivity index (χ3v) is 3.30. The zero-order valence-electron chi connectivity index (χ0n) is 11.9. The Morgan fingerprint density at radius 2 is 1.91 bits per heavy atom. The van der Waals surface area contributed by atoms with Crippen molar-refractivity contribution in [3.8, 4) is 28.6 Å². The molecule has 0 aliphatic rings. The standard InChI is InChI=1S/C18H13NO3/c1-12-10-15(20)18(11-13(12)16-8-5-9-21-16)22-17-7-4-3-6-14(17)19-2/h3-11,20H,1H3. The van der Waals surface area contributed by atoms with Crippen molar-refractivity contribution in [1.82, 2.24) is 0 Å². The Morgan fingerprint density at radius 3 is 2.64 bits per heavy atom. The minimum Gasteiger partial charge on any atom is -0.504 e. The van der Waals surface area contributed by atoms with E-state index in [1.807, 2.05) is 13.0 Å². The zero-order chi connectivity index (χ0) is 15.5. The van der Waals surface area contributed by atoms with Gasteiger partial charge in [0.2, 0.25) is 5.69 Å². The van der Waals surface area contributed by atoms with Crippen LogP contribution < -0.4 is 4.74 Å². The predicted octanol–water partition coefficient (Wildman–Crippen LogP) is 5.30. The average molecular weight is 291 g/mol. The number of hydrogen-bond donors (Lipinski definition) is 1. The highest BCUT2D eigenvalue weighted by molar-refractivity contribution is 5.68. The normalized spacial score (nSPS) is 10.2. The second-order valence-corrected chi connectivity index (χ2v) is 4.79. The number of aryl methyl sites for hydroxylation is 1. The van der Waals surface area contributed by atoms with Gasteiger partial charge in [0.15, 0.2) is 11.5 Å². The molecule has 0 spiro atoms. The van der Waals surface area contributed by atoms with Crippen LogP contribution in [-0.4, -0.2) is 5.11 Å². The van der Waals surface area contributed by atoms with Crippen LogP contribution in [0.4, 0.5) is 5.69 Å². The lowest BCUT2D eigenvalue weighted by Crippen LogP contribution is -1.89. The number of ether oxygens (including phenoxy) is 1. The molecule has 4 heteroatoms. The van der Waals surface area contributed by atoms with Gasteiger partial charge in [0.1, 0.15) is 11.5 Å². The first kappa shape index (κ1) is 13.8. The number of benzene rings is 2. The summed E-state index contributed by atoms with van der Waals surface area (Å²) in [4.78, 5) is 3.41. The number of furan rings is 1. The molecule has 3 rings (SSSR count). The lowest BCUT2D eigenvalue weighted by atomic mass is 10.1. The molecule has 3 aromatic rings. The van der Waals surface area contributed by atoms with Crippen LogP contribution in [0.3, 0.4) is 0 Å². The summed E-state index contributed by atoms with van der Waals surface area (Å²) in [6, 6.07) is 13.9. The lowest BCUT2D eigenvalue weighted by Gasteiger charge is -2.12. The summed E-state index contributed by atoms with van der Waals surface area (Å²) in [5.41, 5.74) is 2.10. The lowest BCUT2D eigenvalue weighted by molar-refractivity contribution is 0.412. The molecule has 0 amide bonds. The highest BCUT2D eigenvalue weighted by Crippen LogP contribution is 2.39. The molecule has 0 unspecified atom stereocenters. The van der Waals surface area contributed by atoms with E-state index in [0.717, 1.165) is 11.1 Å². The number of phenolic OH excluding ortho intramolecular Hbond substituents is 1. The molecular formula is C18H13NO3. The van der Waals surface area contributed by atoms with Crippen LogP contribution in [0.25, 0.3) is 16.2 Å². The second kappa shape index (κ2) is 5.66. The molecule has 0 aliphatic heterocycles. The van der Waals surface area contributed by atoms with Gasteiger partial charge in [0.25, 0.3) is 0 Å². The average Bonchev–Trinajstić information content (AvgIpc) is 3.04. The van der Waals surface area contributed by atoms with Crippen molar-refractivity contribution in [2.75, 3.05) is 0 Å². The van der Waals surface area contributed by atoms with Gasteiger partial charge in [-0.25, -0.2) is 4.85 Å². The van der Waals surface area contributed by atoms with Crippen LogP contribution in [0.2, 0.25) is 0 Å². The van der Waals surface area contributed by atoms with E-state index in [9.17, 15) is 5.11 Å². The van der Waals surface area contributed by atoms with Gasteiger partial charge in [-0.2, -0.15) is 0 Å². The number of para-hydroxylation sites is 2. The van der Waals surface area contributed by atoms with Gasteiger partial charge in [-0.05, 0) is 42.8 Å². The van der Waals surface area contributed by atoms with Crippen molar-refractivity contribution in [3.63, 3.8) is 0 Å². The molecule has 108 valence electrons. The Labute approximate surface area is 128 Å². The third-order valence-electron chi connectivity index (χ3n) is 3.30. The summed E-state index contributed by atoms with van der Waals surface area (Å²) in [5, 5.41) is 10.1. The van der Waals surface area contributed by atoms with Crippen molar-refractivity contribution < 1.29 is 14.3 Å². The largest absolute Gasteiger partial charge is 0.504 e. The van der Waals surface area contributed by atoms with Gasteiger partial charge in [0.05, 0.1) is 12.8 Å². The Kier molecular flexibility index (Phi) is 3.55. The van der Waals surface area contributed by atoms with Crippen LogP contribution in [-0.2, 0) is 0 Å². The Hall–Kier alpha value is -3.19. The fraction of sp³-hybridized carbons (Fsp3) is 0.0556. The number of hydrogen-bond acceptors (Lipinski definition) is 3. The summed E-state index contributed by atoms with van der Waals surface area (Å²) in [6.45, 7) is 9.04. The fourth-order valence-corrected chi connectivity index (χ4v) is 2.21. The van der Waals surface area contributed by atoms with Gasteiger partial charge < -0.3 is 14.3 Å². The van der Waals surface area contributed by atoms with E-state index in [4.69, 9.17) is 15.7 Å². The van der Waals surface area contributed by atoms with E-state index in [1.165, 1.54) is 0 Å². The van der Waals surface area contributed by atoms with Gasteiger partial charge in [-0.1, -0.05) is 18.2 Å². The molecule has 0 atom stereocenters. The van der Waals surface area contributed by atoms with Crippen molar-refractivity contribution >= 4 is 5.69 Å². The molecular weight excluding hydrogens is 278 g/mol. The van der Waals surface area contributed by atoms with Crippen LogP contribution >= 0.6 is 0 Å². The molecule has 1 N–H and O–H groups in total. The maximum atomic E-state index is 10.1. The van der Waals surface area contributed by atoms with Gasteiger partial charge in [-0.3, -0.25) is 0 Å². The summed E-state index contributed by atoms with van der Waals surface area (Å²) < 4.78 is 11.1. The number of rotatable bonds is 3. The maximum Gasteiger partial charge on any atom is 0.228 e. The zero-order valence-corrected chi connectivity index (χ0v) is 11.9. The monoisotopic (exact) mass is 291 g/mol. The molecule has 2 aromatic carbocycles. The first-order valence-corrected chi connectivity index (χ1v) is 6.71. The predicted molar refractivity (Wildman–Crippen MR) is 83.3 cm³/mol. The minimum absolute atomic E-state index is 0.0209. The van der Waals surface area contributed by atoms with Crippen LogP contribution in [0, 0.1) is 13.5 Å². The molecule has 1 heterocycles. The van der Waals surface area contributed by atoms with E-state index >= 15 is 0 Å². The van der Waals surface area contributed by atoms with Crippen LogP contribution in [0.1, 0.15) is 5.56 Å².